The van der Waals surface area contributed by atoms with Gasteiger partial charge in [0.1, 0.15) is 0 Å². The summed E-state index contributed by atoms with van der Waals surface area (Å²) in [6.45, 7) is 6.90. The molecule has 1 heterocycles. The molecular weight excluding hydrogens is 212 g/mol. The lowest BCUT2D eigenvalue weighted by atomic mass is 10.0. The second kappa shape index (κ2) is 5.27. The van der Waals surface area contributed by atoms with Gasteiger partial charge in [0.05, 0.1) is 11.5 Å². The average molecular weight is 234 g/mol. The molecule has 5 heteroatoms. The minimum atomic E-state index is -2.78. The highest BCUT2D eigenvalue weighted by Gasteiger charge is 2.37. The second-order valence-corrected chi connectivity index (χ2v) is 6.76. The highest BCUT2D eigenvalue weighted by molar-refractivity contribution is 7.91. The van der Waals surface area contributed by atoms with Gasteiger partial charge in [-0.15, -0.1) is 0 Å². The Hall–Kier alpha value is -0.130. The third-order valence-corrected chi connectivity index (χ3v) is 4.69. The van der Waals surface area contributed by atoms with E-state index in [1.165, 1.54) is 0 Å². The summed E-state index contributed by atoms with van der Waals surface area (Å²) >= 11 is 0. The van der Waals surface area contributed by atoms with E-state index in [1.807, 2.05) is 6.92 Å². The lowest BCUT2D eigenvalue weighted by molar-refractivity contribution is 0.395. The van der Waals surface area contributed by atoms with Gasteiger partial charge < -0.3 is 10.6 Å². The average Bonchev–Trinajstić information content (AvgIpc) is 2.41. The van der Waals surface area contributed by atoms with Crippen molar-refractivity contribution in [3.63, 3.8) is 0 Å². The molecule has 1 fully saturated rings. The van der Waals surface area contributed by atoms with Crippen LogP contribution in [0.1, 0.15) is 26.7 Å². The number of sulfone groups is 1. The Balaban J connectivity index is 2.21. The van der Waals surface area contributed by atoms with Crippen LogP contribution in [0.3, 0.4) is 0 Å². The summed E-state index contributed by atoms with van der Waals surface area (Å²) in [4.78, 5) is 0. The summed E-state index contributed by atoms with van der Waals surface area (Å²) in [5.41, 5.74) is -0.202. The molecule has 1 saturated heterocycles. The van der Waals surface area contributed by atoms with E-state index in [-0.39, 0.29) is 11.3 Å². The summed E-state index contributed by atoms with van der Waals surface area (Å²) < 4.78 is 22.7. The van der Waals surface area contributed by atoms with Crippen molar-refractivity contribution in [2.24, 2.45) is 0 Å². The van der Waals surface area contributed by atoms with Crippen molar-refractivity contribution in [1.29, 1.82) is 0 Å². The smallest absolute Gasteiger partial charge is 0.152 e. The van der Waals surface area contributed by atoms with Crippen molar-refractivity contribution >= 4 is 9.84 Å². The first-order valence-electron chi connectivity index (χ1n) is 5.64. The van der Waals surface area contributed by atoms with E-state index in [0.29, 0.717) is 5.75 Å². The van der Waals surface area contributed by atoms with Crippen LogP contribution in [0.15, 0.2) is 0 Å². The standard InChI is InChI=1S/C10H22N2O2S/c1-3-5-11-6-7-12-10(2)4-8-15(13,14)9-10/h11-12H,3-9H2,1-2H3. The molecule has 1 aliphatic rings. The molecule has 0 spiro atoms. The van der Waals surface area contributed by atoms with Crippen LogP contribution in [0.25, 0.3) is 0 Å². The predicted octanol–water partition coefficient (Wildman–Crippen LogP) is 0.153. The molecule has 0 aliphatic carbocycles. The first-order valence-corrected chi connectivity index (χ1v) is 7.46. The molecule has 0 radical (unpaired) electrons. The van der Waals surface area contributed by atoms with Gasteiger partial charge in [-0.3, -0.25) is 0 Å². The van der Waals surface area contributed by atoms with Gasteiger partial charge >= 0.3 is 0 Å². The maximum atomic E-state index is 11.3. The first-order chi connectivity index (χ1) is 6.97. The number of nitrogens with one attached hydrogen (secondary N) is 2. The topological polar surface area (TPSA) is 58.2 Å². The van der Waals surface area contributed by atoms with Crippen molar-refractivity contribution in [2.75, 3.05) is 31.1 Å². The molecule has 1 unspecified atom stereocenters. The minimum Gasteiger partial charge on any atom is -0.315 e. The van der Waals surface area contributed by atoms with Crippen LogP contribution in [0.5, 0.6) is 0 Å². The van der Waals surface area contributed by atoms with Crippen LogP contribution in [-0.2, 0) is 9.84 Å². The summed E-state index contributed by atoms with van der Waals surface area (Å²) in [6, 6.07) is 0. The molecule has 1 atom stereocenters. The van der Waals surface area contributed by atoms with Gasteiger partial charge in [0.2, 0.25) is 0 Å². The number of rotatable bonds is 6. The Kier molecular flexibility index (Phi) is 4.55. The van der Waals surface area contributed by atoms with E-state index in [9.17, 15) is 8.42 Å². The molecular formula is C10H22N2O2S. The Bertz CT molecular complexity index is 290. The molecule has 2 N–H and O–H groups in total. The maximum absolute atomic E-state index is 11.3. The molecule has 0 saturated carbocycles. The van der Waals surface area contributed by atoms with E-state index in [1.54, 1.807) is 0 Å². The fraction of sp³-hybridized carbons (Fsp3) is 1.00. The van der Waals surface area contributed by atoms with E-state index in [2.05, 4.69) is 17.6 Å². The summed E-state index contributed by atoms with van der Waals surface area (Å²) in [6.07, 6.45) is 1.87. The van der Waals surface area contributed by atoms with Crippen molar-refractivity contribution < 1.29 is 8.42 Å². The normalized spacial score (nSPS) is 29.5. The van der Waals surface area contributed by atoms with E-state index >= 15 is 0 Å². The summed E-state index contributed by atoms with van der Waals surface area (Å²) in [5.74, 6) is 0.618. The predicted molar refractivity (Wildman–Crippen MR) is 62.8 cm³/mol. The Labute approximate surface area is 92.7 Å². The largest absolute Gasteiger partial charge is 0.315 e. The van der Waals surface area contributed by atoms with Gasteiger partial charge in [0, 0.05) is 18.6 Å². The Morgan fingerprint density at radius 3 is 2.53 bits per heavy atom. The molecule has 15 heavy (non-hydrogen) atoms. The minimum absolute atomic E-state index is 0.202. The lowest BCUT2D eigenvalue weighted by Gasteiger charge is -2.23. The van der Waals surface area contributed by atoms with E-state index in [4.69, 9.17) is 0 Å². The number of hydrogen-bond acceptors (Lipinski definition) is 4. The van der Waals surface area contributed by atoms with Gasteiger partial charge in [-0.25, -0.2) is 8.42 Å². The van der Waals surface area contributed by atoms with Crippen LogP contribution < -0.4 is 10.6 Å². The van der Waals surface area contributed by atoms with Crippen LogP contribution in [0.4, 0.5) is 0 Å². The van der Waals surface area contributed by atoms with E-state index in [0.717, 1.165) is 32.5 Å². The SMILES string of the molecule is CCCNCCNC1(C)CCS(=O)(=O)C1. The molecule has 90 valence electrons. The van der Waals surface area contributed by atoms with Gasteiger partial charge in [0.25, 0.3) is 0 Å². The van der Waals surface area contributed by atoms with Crippen molar-refractivity contribution in [3.8, 4) is 0 Å². The molecule has 1 aliphatic heterocycles. The van der Waals surface area contributed by atoms with Gasteiger partial charge in [-0.2, -0.15) is 0 Å². The van der Waals surface area contributed by atoms with E-state index < -0.39 is 9.84 Å². The van der Waals surface area contributed by atoms with Gasteiger partial charge in [0.15, 0.2) is 9.84 Å². The number of hydrogen-bond donors (Lipinski definition) is 2. The van der Waals surface area contributed by atoms with Gasteiger partial charge in [-0.05, 0) is 26.3 Å². The third kappa shape index (κ3) is 4.49. The van der Waals surface area contributed by atoms with Crippen LogP contribution in [0.2, 0.25) is 0 Å². The second-order valence-electron chi connectivity index (χ2n) is 4.58. The molecule has 0 amide bonds. The van der Waals surface area contributed by atoms with Crippen molar-refractivity contribution in [2.45, 2.75) is 32.2 Å². The van der Waals surface area contributed by atoms with Crippen LogP contribution in [0, 0.1) is 0 Å². The zero-order valence-corrected chi connectivity index (χ0v) is 10.5. The highest BCUT2D eigenvalue weighted by atomic mass is 32.2. The quantitative estimate of drug-likeness (QED) is 0.643. The summed E-state index contributed by atoms with van der Waals surface area (Å²) in [7, 11) is -2.78. The maximum Gasteiger partial charge on any atom is 0.152 e. The summed E-state index contributed by atoms with van der Waals surface area (Å²) in [5, 5.41) is 6.62. The van der Waals surface area contributed by atoms with Crippen LogP contribution >= 0.6 is 0 Å². The molecule has 4 nitrogen and oxygen atoms in total. The zero-order chi connectivity index (χ0) is 11.4. The van der Waals surface area contributed by atoms with Gasteiger partial charge in [-0.1, -0.05) is 6.92 Å². The molecule has 0 aromatic rings. The molecule has 0 aromatic carbocycles. The zero-order valence-electron chi connectivity index (χ0n) is 9.67. The third-order valence-electron chi connectivity index (χ3n) is 2.78. The Morgan fingerprint density at radius 1 is 1.27 bits per heavy atom. The van der Waals surface area contributed by atoms with Crippen molar-refractivity contribution in [1.82, 2.24) is 10.6 Å². The first kappa shape index (κ1) is 12.9. The fourth-order valence-corrected chi connectivity index (χ4v) is 4.03. The lowest BCUT2D eigenvalue weighted by Crippen LogP contribution is -2.46. The Morgan fingerprint density at radius 2 is 2.00 bits per heavy atom. The van der Waals surface area contributed by atoms with Crippen LogP contribution in [-0.4, -0.2) is 45.1 Å². The van der Waals surface area contributed by atoms with Crippen molar-refractivity contribution in [3.05, 3.63) is 0 Å². The fourth-order valence-electron chi connectivity index (χ4n) is 1.90. The monoisotopic (exact) mass is 234 g/mol. The molecule has 0 aromatic heterocycles. The molecule has 0 bridgehead atoms. The highest BCUT2D eigenvalue weighted by Crippen LogP contribution is 2.22. The molecule has 1 rings (SSSR count).